The van der Waals surface area contributed by atoms with Gasteiger partial charge in [0.15, 0.2) is 0 Å². The molecule has 0 radical (unpaired) electrons. The van der Waals surface area contributed by atoms with E-state index in [-0.39, 0.29) is 5.54 Å². The normalized spacial score (nSPS) is 15.9. The molecule has 0 amide bonds. The first kappa shape index (κ1) is 21.9. The largest absolute Gasteiger partial charge is 0.369 e. The van der Waals surface area contributed by atoms with E-state index in [4.69, 9.17) is 5.10 Å². The molecule has 0 atom stereocenters. The van der Waals surface area contributed by atoms with Crippen LogP contribution in [0.3, 0.4) is 0 Å². The summed E-state index contributed by atoms with van der Waals surface area (Å²) in [7, 11) is 0. The van der Waals surface area contributed by atoms with E-state index in [1.165, 1.54) is 41.2 Å². The van der Waals surface area contributed by atoms with E-state index in [9.17, 15) is 0 Å². The number of aromatic nitrogens is 2. The molecular formula is C25H40N4. The molecule has 0 unspecified atom stereocenters. The van der Waals surface area contributed by atoms with Gasteiger partial charge < -0.3 is 4.90 Å². The standard InChI is InChI=1S/C25H40N4/c1-7-9-22-19-24(29(26-22)25(4,5)6)10-8-13-27-14-16-28(17-15-27)23-12-11-20(2)21(3)18-23/h11-12,18-19H,7-10,13-17H2,1-6H3. The Hall–Kier alpha value is -1.81. The number of piperazine rings is 1. The molecule has 4 nitrogen and oxygen atoms in total. The second-order valence-electron chi connectivity index (χ2n) is 9.66. The van der Waals surface area contributed by atoms with Crippen molar-refractivity contribution in [1.29, 1.82) is 0 Å². The van der Waals surface area contributed by atoms with E-state index in [0.29, 0.717) is 0 Å². The molecule has 1 fully saturated rings. The lowest BCUT2D eigenvalue weighted by molar-refractivity contribution is 0.253. The maximum absolute atomic E-state index is 4.89. The minimum absolute atomic E-state index is 0.0547. The molecule has 0 saturated carbocycles. The van der Waals surface area contributed by atoms with Crippen LogP contribution in [0.5, 0.6) is 0 Å². The van der Waals surface area contributed by atoms with Gasteiger partial charge in [0.1, 0.15) is 0 Å². The van der Waals surface area contributed by atoms with Crippen LogP contribution in [0.4, 0.5) is 5.69 Å². The molecule has 1 aromatic heterocycles. The van der Waals surface area contributed by atoms with Crippen molar-refractivity contribution in [2.45, 2.75) is 72.8 Å². The quantitative estimate of drug-likeness (QED) is 0.661. The molecule has 1 saturated heterocycles. The minimum Gasteiger partial charge on any atom is -0.369 e. The van der Waals surface area contributed by atoms with Gasteiger partial charge in [0.25, 0.3) is 0 Å². The Kier molecular flexibility index (Phi) is 7.05. The molecule has 0 aliphatic carbocycles. The van der Waals surface area contributed by atoms with Crippen molar-refractivity contribution in [2.75, 3.05) is 37.6 Å². The highest BCUT2D eigenvalue weighted by atomic mass is 15.3. The Bertz CT molecular complexity index is 792. The van der Waals surface area contributed by atoms with E-state index < -0.39 is 0 Å². The molecule has 160 valence electrons. The van der Waals surface area contributed by atoms with Crippen molar-refractivity contribution in [1.82, 2.24) is 14.7 Å². The average Bonchev–Trinajstić information content (AvgIpc) is 3.08. The maximum atomic E-state index is 4.89. The van der Waals surface area contributed by atoms with Crippen LogP contribution in [-0.2, 0) is 18.4 Å². The molecule has 1 aliphatic heterocycles. The number of benzene rings is 1. The fourth-order valence-electron chi connectivity index (χ4n) is 4.25. The summed E-state index contributed by atoms with van der Waals surface area (Å²) in [6.07, 6.45) is 4.56. The summed E-state index contributed by atoms with van der Waals surface area (Å²) in [6.45, 7) is 19.1. The second kappa shape index (κ2) is 9.34. The van der Waals surface area contributed by atoms with Gasteiger partial charge in [-0.2, -0.15) is 5.10 Å². The SMILES string of the molecule is CCCc1cc(CCCN2CCN(c3ccc(C)c(C)c3)CC2)n(C(C)(C)C)n1. The highest BCUT2D eigenvalue weighted by Crippen LogP contribution is 2.22. The zero-order valence-electron chi connectivity index (χ0n) is 19.5. The predicted octanol–water partition coefficient (Wildman–Crippen LogP) is 4.96. The summed E-state index contributed by atoms with van der Waals surface area (Å²) >= 11 is 0. The van der Waals surface area contributed by atoms with E-state index in [2.05, 4.69) is 80.3 Å². The Morgan fingerprint density at radius 3 is 2.28 bits per heavy atom. The van der Waals surface area contributed by atoms with Gasteiger partial charge in [-0.25, -0.2) is 0 Å². The van der Waals surface area contributed by atoms with Crippen LogP contribution in [-0.4, -0.2) is 47.4 Å². The van der Waals surface area contributed by atoms with Crippen LogP contribution in [0.1, 0.15) is 63.1 Å². The molecule has 2 aromatic rings. The molecule has 0 bridgehead atoms. The Morgan fingerprint density at radius 2 is 1.66 bits per heavy atom. The van der Waals surface area contributed by atoms with Crippen molar-refractivity contribution >= 4 is 5.69 Å². The summed E-state index contributed by atoms with van der Waals surface area (Å²) in [5.74, 6) is 0. The van der Waals surface area contributed by atoms with Crippen LogP contribution in [0.2, 0.25) is 0 Å². The first-order valence-corrected chi connectivity index (χ1v) is 11.4. The zero-order valence-corrected chi connectivity index (χ0v) is 19.5. The van der Waals surface area contributed by atoms with Gasteiger partial charge in [0, 0.05) is 37.6 Å². The highest BCUT2D eigenvalue weighted by molar-refractivity contribution is 5.51. The number of nitrogens with zero attached hydrogens (tertiary/aromatic N) is 4. The lowest BCUT2D eigenvalue weighted by Crippen LogP contribution is -2.46. The van der Waals surface area contributed by atoms with Crippen LogP contribution < -0.4 is 4.90 Å². The third-order valence-electron chi connectivity index (χ3n) is 6.11. The molecule has 0 spiro atoms. The smallest absolute Gasteiger partial charge is 0.0627 e. The third-order valence-corrected chi connectivity index (χ3v) is 6.11. The van der Waals surface area contributed by atoms with Crippen LogP contribution in [0, 0.1) is 13.8 Å². The minimum atomic E-state index is 0.0547. The van der Waals surface area contributed by atoms with Gasteiger partial charge in [0.05, 0.1) is 11.2 Å². The predicted molar refractivity (Wildman–Crippen MR) is 124 cm³/mol. The van der Waals surface area contributed by atoms with E-state index in [1.54, 1.807) is 0 Å². The van der Waals surface area contributed by atoms with Crippen LogP contribution >= 0.6 is 0 Å². The molecule has 1 aliphatic rings. The van der Waals surface area contributed by atoms with Crippen molar-refractivity contribution < 1.29 is 0 Å². The van der Waals surface area contributed by atoms with Crippen molar-refractivity contribution in [3.05, 3.63) is 46.8 Å². The van der Waals surface area contributed by atoms with E-state index in [0.717, 1.165) is 45.4 Å². The Balaban J connectivity index is 1.50. The summed E-state index contributed by atoms with van der Waals surface area (Å²) in [5.41, 5.74) is 6.85. The molecule has 29 heavy (non-hydrogen) atoms. The summed E-state index contributed by atoms with van der Waals surface area (Å²) in [4.78, 5) is 5.16. The fraction of sp³-hybridized carbons (Fsp3) is 0.640. The molecule has 2 heterocycles. The molecule has 3 rings (SSSR count). The zero-order chi connectivity index (χ0) is 21.0. The summed E-state index contributed by atoms with van der Waals surface area (Å²) in [6, 6.07) is 9.21. The number of rotatable bonds is 7. The number of anilines is 1. The van der Waals surface area contributed by atoms with Gasteiger partial charge in [-0.1, -0.05) is 19.4 Å². The van der Waals surface area contributed by atoms with Crippen LogP contribution in [0.25, 0.3) is 0 Å². The monoisotopic (exact) mass is 396 g/mol. The average molecular weight is 397 g/mol. The lowest BCUT2D eigenvalue weighted by atomic mass is 10.1. The fourth-order valence-corrected chi connectivity index (χ4v) is 4.25. The van der Waals surface area contributed by atoms with Gasteiger partial charge in [0.2, 0.25) is 0 Å². The Labute approximate surface area is 177 Å². The maximum Gasteiger partial charge on any atom is 0.0627 e. The van der Waals surface area contributed by atoms with Gasteiger partial charge >= 0.3 is 0 Å². The molecule has 4 heteroatoms. The number of hydrogen-bond acceptors (Lipinski definition) is 3. The van der Waals surface area contributed by atoms with E-state index in [1.807, 2.05) is 0 Å². The van der Waals surface area contributed by atoms with Crippen molar-refractivity contribution in [3.63, 3.8) is 0 Å². The number of aryl methyl sites for hydroxylation is 4. The first-order valence-electron chi connectivity index (χ1n) is 11.4. The van der Waals surface area contributed by atoms with Crippen LogP contribution in [0.15, 0.2) is 24.3 Å². The molecular weight excluding hydrogens is 356 g/mol. The van der Waals surface area contributed by atoms with E-state index >= 15 is 0 Å². The van der Waals surface area contributed by atoms with Crippen molar-refractivity contribution in [3.8, 4) is 0 Å². The highest BCUT2D eigenvalue weighted by Gasteiger charge is 2.20. The Morgan fingerprint density at radius 1 is 0.931 bits per heavy atom. The van der Waals surface area contributed by atoms with Gasteiger partial charge in [-0.3, -0.25) is 9.58 Å². The molecule has 0 N–H and O–H groups in total. The summed E-state index contributed by atoms with van der Waals surface area (Å²) in [5, 5.41) is 4.89. The van der Waals surface area contributed by atoms with Gasteiger partial charge in [-0.15, -0.1) is 0 Å². The van der Waals surface area contributed by atoms with Gasteiger partial charge in [-0.05, 0) is 89.8 Å². The third kappa shape index (κ3) is 5.63. The van der Waals surface area contributed by atoms with Crippen molar-refractivity contribution in [2.24, 2.45) is 0 Å². The summed E-state index contributed by atoms with van der Waals surface area (Å²) < 4.78 is 2.26. The number of hydrogen-bond donors (Lipinski definition) is 0. The topological polar surface area (TPSA) is 24.3 Å². The first-order chi connectivity index (χ1) is 13.8. The molecule has 1 aromatic carbocycles. The lowest BCUT2D eigenvalue weighted by Gasteiger charge is -2.36. The second-order valence-corrected chi connectivity index (χ2v) is 9.66.